The van der Waals surface area contributed by atoms with Crippen LogP contribution in [0.3, 0.4) is 0 Å². The van der Waals surface area contributed by atoms with Gasteiger partial charge in [0.25, 0.3) is 0 Å². The summed E-state index contributed by atoms with van der Waals surface area (Å²) in [6.07, 6.45) is 1.61. The van der Waals surface area contributed by atoms with Crippen LogP contribution in [0.2, 0.25) is 0 Å². The minimum Gasteiger partial charge on any atom is -0.489 e. The van der Waals surface area contributed by atoms with E-state index in [4.69, 9.17) is 4.74 Å². The van der Waals surface area contributed by atoms with Gasteiger partial charge in [-0.3, -0.25) is 0 Å². The molecule has 0 amide bonds. The smallest absolute Gasteiger partial charge is 0.148 e. The highest BCUT2D eigenvalue weighted by Crippen LogP contribution is 2.25. The van der Waals surface area contributed by atoms with E-state index in [0.29, 0.717) is 6.61 Å². The molecule has 0 saturated heterocycles. The molecule has 3 rings (SSSR count). The van der Waals surface area contributed by atoms with Crippen molar-refractivity contribution < 1.29 is 4.74 Å². The number of benzene rings is 2. The summed E-state index contributed by atoms with van der Waals surface area (Å²) in [7, 11) is 1.93. The zero-order valence-electron chi connectivity index (χ0n) is 14.9. The fourth-order valence-electron chi connectivity index (χ4n) is 2.83. The van der Waals surface area contributed by atoms with Gasteiger partial charge in [0, 0.05) is 6.04 Å². The first kappa shape index (κ1) is 17.2. The highest BCUT2D eigenvalue weighted by atomic mass is 16.5. The average molecular weight is 336 g/mol. The SMILES string of the molecule is CNC(c1cccc(OCc2ccccc2)c1)c1ncnn1C(C)C. The molecule has 0 bridgehead atoms. The summed E-state index contributed by atoms with van der Waals surface area (Å²) in [5.41, 5.74) is 2.25. The Morgan fingerprint density at radius 1 is 1.08 bits per heavy atom. The van der Waals surface area contributed by atoms with E-state index < -0.39 is 0 Å². The summed E-state index contributed by atoms with van der Waals surface area (Å²) in [5.74, 6) is 1.75. The minimum absolute atomic E-state index is 0.0369. The molecule has 5 nitrogen and oxygen atoms in total. The molecule has 1 aromatic heterocycles. The maximum Gasteiger partial charge on any atom is 0.148 e. The average Bonchev–Trinajstić information content (AvgIpc) is 3.12. The van der Waals surface area contributed by atoms with E-state index >= 15 is 0 Å². The van der Waals surface area contributed by atoms with Gasteiger partial charge < -0.3 is 10.1 Å². The van der Waals surface area contributed by atoms with Crippen LogP contribution in [0, 0.1) is 0 Å². The largest absolute Gasteiger partial charge is 0.489 e. The molecular formula is C20H24N4O. The molecule has 0 aliphatic rings. The quantitative estimate of drug-likeness (QED) is 0.714. The molecule has 0 radical (unpaired) electrons. The highest BCUT2D eigenvalue weighted by Gasteiger charge is 2.20. The Morgan fingerprint density at radius 2 is 1.88 bits per heavy atom. The number of hydrogen-bond acceptors (Lipinski definition) is 4. The van der Waals surface area contributed by atoms with Gasteiger partial charge in [0.15, 0.2) is 0 Å². The standard InChI is InChI=1S/C20H24N4O/c1-15(2)24-20(22-14-23-24)19(21-3)17-10-7-11-18(12-17)25-13-16-8-5-4-6-9-16/h4-12,14-15,19,21H,13H2,1-3H3. The summed E-state index contributed by atoms with van der Waals surface area (Å²) in [6, 6.07) is 18.5. The topological polar surface area (TPSA) is 52.0 Å². The van der Waals surface area contributed by atoms with Crippen LogP contribution in [0.5, 0.6) is 5.75 Å². The van der Waals surface area contributed by atoms with Crippen LogP contribution in [0.25, 0.3) is 0 Å². The molecule has 130 valence electrons. The molecule has 0 aliphatic heterocycles. The molecule has 0 aliphatic carbocycles. The Labute approximate surface area is 148 Å². The van der Waals surface area contributed by atoms with Crippen LogP contribution in [-0.2, 0) is 6.61 Å². The predicted octanol–water partition coefficient (Wildman–Crippen LogP) is 3.75. The van der Waals surface area contributed by atoms with Crippen molar-refractivity contribution in [1.82, 2.24) is 20.1 Å². The van der Waals surface area contributed by atoms with Gasteiger partial charge in [-0.25, -0.2) is 9.67 Å². The van der Waals surface area contributed by atoms with E-state index in [2.05, 4.69) is 53.5 Å². The molecule has 0 fully saturated rings. The van der Waals surface area contributed by atoms with Gasteiger partial charge in [-0.1, -0.05) is 42.5 Å². The maximum atomic E-state index is 5.95. The molecular weight excluding hydrogens is 312 g/mol. The van der Waals surface area contributed by atoms with E-state index in [-0.39, 0.29) is 12.1 Å². The fourth-order valence-corrected chi connectivity index (χ4v) is 2.83. The molecule has 1 unspecified atom stereocenters. The van der Waals surface area contributed by atoms with E-state index in [1.165, 1.54) is 0 Å². The second-order valence-electron chi connectivity index (χ2n) is 6.23. The van der Waals surface area contributed by atoms with Gasteiger partial charge in [-0.15, -0.1) is 0 Å². The zero-order chi connectivity index (χ0) is 17.6. The number of nitrogens with zero attached hydrogens (tertiary/aromatic N) is 3. The van der Waals surface area contributed by atoms with Gasteiger partial charge in [-0.2, -0.15) is 5.10 Å². The summed E-state index contributed by atoms with van der Waals surface area (Å²) < 4.78 is 7.89. The van der Waals surface area contributed by atoms with Crippen molar-refractivity contribution in [3.63, 3.8) is 0 Å². The lowest BCUT2D eigenvalue weighted by Gasteiger charge is -2.19. The van der Waals surface area contributed by atoms with Crippen molar-refractivity contribution in [3.05, 3.63) is 77.9 Å². The Hall–Kier alpha value is -2.66. The molecule has 0 spiro atoms. The van der Waals surface area contributed by atoms with Crippen molar-refractivity contribution in [1.29, 1.82) is 0 Å². The van der Waals surface area contributed by atoms with Crippen LogP contribution in [0.15, 0.2) is 60.9 Å². The third-order valence-electron chi connectivity index (χ3n) is 4.08. The molecule has 1 atom stereocenters. The van der Waals surface area contributed by atoms with Crippen LogP contribution in [0.4, 0.5) is 0 Å². The lowest BCUT2D eigenvalue weighted by molar-refractivity contribution is 0.305. The molecule has 2 aromatic carbocycles. The Morgan fingerprint density at radius 3 is 2.60 bits per heavy atom. The van der Waals surface area contributed by atoms with Crippen molar-refractivity contribution >= 4 is 0 Å². The van der Waals surface area contributed by atoms with E-state index in [1.54, 1.807) is 6.33 Å². The third kappa shape index (κ3) is 4.06. The molecule has 25 heavy (non-hydrogen) atoms. The molecule has 0 saturated carbocycles. The lowest BCUT2D eigenvalue weighted by atomic mass is 10.1. The fraction of sp³-hybridized carbons (Fsp3) is 0.300. The summed E-state index contributed by atoms with van der Waals surface area (Å²) >= 11 is 0. The minimum atomic E-state index is -0.0369. The van der Waals surface area contributed by atoms with Gasteiger partial charge in [0.2, 0.25) is 0 Å². The van der Waals surface area contributed by atoms with Gasteiger partial charge in [0.1, 0.15) is 24.5 Å². The highest BCUT2D eigenvalue weighted by molar-refractivity contribution is 5.33. The summed E-state index contributed by atoms with van der Waals surface area (Å²) in [5, 5.41) is 7.68. The second-order valence-corrected chi connectivity index (χ2v) is 6.23. The van der Waals surface area contributed by atoms with Gasteiger partial charge in [-0.05, 0) is 44.2 Å². The monoisotopic (exact) mass is 336 g/mol. The first-order valence-electron chi connectivity index (χ1n) is 8.52. The Balaban J connectivity index is 1.80. The maximum absolute atomic E-state index is 5.95. The molecule has 1 N–H and O–H groups in total. The van der Waals surface area contributed by atoms with Crippen LogP contribution >= 0.6 is 0 Å². The lowest BCUT2D eigenvalue weighted by Crippen LogP contribution is -2.23. The Kier molecular flexibility index (Phi) is 5.46. The second kappa shape index (κ2) is 7.94. The first-order valence-corrected chi connectivity index (χ1v) is 8.52. The number of rotatable bonds is 7. The first-order chi connectivity index (χ1) is 12.2. The zero-order valence-corrected chi connectivity index (χ0v) is 14.9. The Bertz CT molecular complexity index is 798. The third-order valence-corrected chi connectivity index (χ3v) is 4.08. The van der Waals surface area contributed by atoms with Gasteiger partial charge >= 0.3 is 0 Å². The van der Waals surface area contributed by atoms with Crippen molar-refractivity contribution in [2.75, 3.05) is 7.05 Å². The predicted molar refractivity (Wildman–Crippen MR) is 98.5 cm³/mol. The van der Waals surface area contributed by atoms with E-state index in [9.17, 15) is 0 Å². The number of ether oxygens (including phenoxy) is 1. The van der Waals surface area contributed by atoms with Crippen molar-refractivity contribution in [2.24, 2.45) is 0 Å². The summed E-state index contributed by atoms with van der Waals surface area (Å²) in [4.78, 5) is 4.46. The number of nitrogens with one attached hydrogen (secondary N) is 1. The van der Waals surface area contributed by atoms with E-state index in [0.717, 1.165) is 22.7 Å². The van der Waals surface area contributed by atoms with Crippen LogP contribution in [-0.4, -0.2) is 21.8 Å². The van der Waals surface area contributed by atoms with Crippen molar-refractivity contribution in [2.45, 2.75) is 32.5 Å². The van der Waals surface area contributed by atoms with Gasteiger partial charge in [0.05, 0.1) is 6.04 Å². The van der Waals surface area contributed by atoms with Crippen molar-refractivity contribution in [3.8, 4) is 5.75 Å². The molecule has 3 aromatic rings. The normalized spacial score (nSPS) is 12.3. The summed E-state index contributed by atoms with van der Waals surface area (Å²) in [6.45, 7) is 4.76. The number of aromatic nitrogens is 3. The van der Waals surface area contributed by atoms with Crippen LogP contribution in [0.1, 0.15) is 42.9 Å². The molecule has 1 heterocycles. The molecule has 5 heteroatoms. The number of hydrogen-bond donors (Lipinski definition) is 1. The van der Waals surface area contributed by atoms with E-state index in [1.807, 2.05) is 42.1 Å². The van der Waals surface area contributed by atoms with Crippen LogP contribution < -0.4 is 10.1 Å².